The highest BCUT2D eigenvalue weighted by Gasteiger charge is 2.10. The van der Waals surface area contributed by atoms with Crippen LogP contribution in [0.4, 0.5) is 0 Å². The minimum Gasteiger partial charge on any atom is -0.476 e. The number of hydrogen-bond acceptors (Lipinski definition) is 2. The van der Waals surface area contributed by atoms with Crippen molar-refractivity contribution in [2.75, 3.05) is 0 Å². The molecule has 0 spiro atoms. The first-order valence-electron chi connectivity index (χ1n) is 3.36. The molecule has 0 saturated carbocycles. The number of H-pyrrole nitrogens is 1. The number of carboxylic acid groups (broad SMARTS) is 1. The van der Waals surface area contributed by atoms with Crippen LogP contribution in [0.1, 0.15) is 10.5 Å². The van der Waals surface area contributed by atoms with Crippen LogP contribution in [0, 0.1) is 6.07 Å². The summed E-state index contributed by atoms with van der Waals surface area (Å²) in [6.07, 6.45) is 0. The number of rotatable bonds is 1. The van der Waals surface area contributed by atoms with Crippen LogP contribution in [-0.2, 0) is 0 Å². The highest BCUT2D eigenvalue weighted by Crippen LogP contribution is 2.13. The van der Waals surface area contributed by atoms with Gasteiger partial charge >= 0.3 is 5.97 Å². The van der Waals surface area contributed by atoms with E-state index in [2.05, 4.69) is 16.3 Å². The van der Waals surface area contributed by atoms with Crippen LogP contribution in [0.5, 0.6) is 0 Å². The number of aromatic nitrogens is 2. The van der Waals surface area contributed by atoms with E-state index < -0.39 is 5.97 Å². The molecule has 0 aliphatic carbocycles. The molecule has 0 unspecified atom stereocenters. The Balaban J connectivity index is 2.79. The maximum absolute atomic E-state index is 10.6. The Bertz CT molecular complexity index is 433. The van der Waals surface area contributed by atoms with E-state index in [1.54, 1.807) is 18.2 Å². The predicted octanol–water partition coefficient (Wildman–Crippen LogP) is 1.06. The maximum Gasteiger partial charge on any atom is 0.357 e. The average Bonchev–Trinajstić information content (AvgIpc) is 2.47. The molecule has 0 aliphatic rings. The van der Waals surface area contributed by atoms with E-state index in [0.717, 1.165) is 0 Å². The summed E-state index contributed by atoms with van der Waals surface area (Å²) in [5, 5.41) is 15.5. The number of aromatic carboxylic acids is 1. The molecular weight excluding hydrogens is 156 g/mol. The molecule has 1 aromatic heterocycles. The van der Waals surface area contributed by atoms with Gasteiger partial charge in [-0.2, -0.15) is 5.10 Å². The van der Waals surface area contributed by atoms with E-state index >= 15 is 0 Å². The molecule has 0 saturated heterocycles. The van der Waals surface area contributed by atoms with Gasteiger partial charge in [-0.15, -0.1) is 0 Å². The average molecular weight is 161 g/mol. The summed E-state index contributed by atoms with van der Waals surface area (Å²) in [5.41, 5.74) is 0.744. The first-order valence-corrected chi connectivity index (χ1v) is 3.36. The van der Waals surface area contributed by atoms with Gasteiger partial charge in [-0.05, 0) is 18.2 Å². The Labute approximate surface area is 67.8 Å². The van der Waals surface area contributed by atoms with Gasteiger partial charge < -0.3 is 5.11 Å². The summed E-state index contributed by atoms with van der Waals surface area (Å²) in [6, 6.07) is 7.81. The van der Waals surface area contributed by atoms with Gasteiger partial charge in [-0.25, -0.2) is 4.79 Å². The number of carboxylic acids is 1. The van der Waals surface area contributed by atoms with Crippen LogP contribution in [0.2, 0.25) is 0 Å². The number of aromatic amines is 1. The lowest BCUT2D eigenvalue weighted by Crippen LogP contribution is -1.96. The number of hydrogen-bond donors (Lipinski definition) is 2. The van der Waals surface area contributed by atoms with Crippen LogP contribution in [0.15, 0.2) is 18.2 Å². The van der Waals surface area contributed by atoms with E-state index in [4.69, 9.17) is 5.11 Å². The molecule has 12 heavy (non-hydrogen) atoms. The van der Waals surface area contributed by atoms with Gasteiger partial charge in [0, 0.05) is 5.39 Å². The molecule has 0 fully saturated rings. The Kier molecular flexibility index (Phi) is 1.33. The Morgan fingerprint density at radius 2 is 2.50 bits per heavy atom. The van der Waals surface area contributed by atoms with E-state index in [-0.39, 0.29) is 5.69 Å². The molecule has 0 atom stereocenters. The smallest absolute Gasteiger partial charge is 0.357 e. The van der Waals surface area contributed by atoms with Crippen molar-refractivity contribution in [1.29, 1.82) is 0 Å². The maximum atomic E-state index is 10.6. The van der Waals surface area contributed by atoms with Gasteiger partial charge in [0.15, 0.2) is 5.69 Å². The fraction of sp³-hybridized carbons (Fsp3) is 0. The monoisotopic (exact) mass is 161 g/mol. The molecule has 2 aromatic rings. The second-order valence-corrected chi connectivity index (χ2v) is 2.35. The third-order valence-electron chi connectivity index (χ3n) is 1.61. The van der Waals surface area contributed by atoms with Crippen LogP contribution >= 0.6 is 0 Å². The van der Waals surface area contributed by atoms with Crippen LogP contribution in [0.3, 0.4) is 0 Å². The van der Waals surface area contributed by atoms with Crippen molar-refractivity contribution >= 4 is 16.9 Å². The molecule has 4 heteroatoms. The summed E-state index contributed by atoms with van der Waals surface area (Å²) in [6.45, 7) is 0. The van der Waals surface area contributed by atoms with Crippen molar-refractivity contribution in [3.8, 4) is 0 Å². The van der Waals surface area contributed by atoms with Crippen molar-refractivity contribution in [3.05, 3.63) is 30.0 Å². The highest BCUT2D eigenvalue weighted by atomic mass is 16.4. The van der Waals surface area contributed by atoms with Gasteiger partial charge in [0.1, 0.15) is 0 Å². The van der Waals surface area contributed by atoms with E-state index in [1.807, 2.05) is 0 Å². The molecule has 2 rings (SSSR count). The molecule has 4 nitrogen and oxygen atoms in total. The van der Waals surface area contributed by atoms with Crippen LogP contribution in [0.25, 0.3) is 10.9 Å². The van der Waals surface area contributed by atoms with Crippen molar-refractivity contribution < 1.29 is 9.90 Å². The molecule has 0 amide bonds. The van der Waals surface area contributed by atoms with Crippen molar-refractivity contribution in [1.82, 2.24) is 10.2 Å². The summed E-state index contributed by atoms with van der Waals surface area (Å²) in [7, 11) is 0. The summed E-state index contributed by atoms with van der Waals surface area (Å²) in [5.74, 6) is -1.02. The molecule has 0 aliphatic heterocycles. The Morgan fingerprint density at radius 1 is 1.67 bits per heavy atom. The quantitative estimate of drug-likeness (QED) is 0.657. The van der Waals surface area contributed by atoms with Gasteiger partial charge in [0.2, 0.25) is 0 Å². The predicted molar refractivity (Wildman–Crippen MR) is 41.9 cm³/mol. The van der Waals surface area contributed by atoms with Gasteiger partial charge in [-0.3, -0.25) is 5.10 Å². The fourth-order valence-corrected chi connectivity index (χ4v) is 1.07. The zero-order chi connectivity index (χ0) is 8.55. The lowest BCUT2D eigenvalue weighted by atomic mass is 10.2. The number of fused-ring (bicyclic) bond motifs is 1. The number of nitrogens with one attached hydrogen (secondary N) is 1. The zero-order valence-corrected chi connectivity index (χ0v) is 6.03. The van der Waals surface area contributed by atoms with Gasteiger partial charge in [0.05, 0.1) is 5.52 Å². The largest absolute Gasteiger partial charge is 0.476 e. The second-order valence-electron chi connectivity index (χ2n) is 2.35. The first-order chi connectivity index (χ1) is 5.79. The Hall–Kier alpha value is -1.84. The lowest BCUT2D eigenvalue weighted by Gasteiger charge is -1.86. The molecule has 1 heterocycles. The van der Waals surface area contributed by atoms with E-state index in [0.29, 0.717) is 10.9 Å². The van der Waals surface area contributed by atoms with Gasteiger partial charge in [-0.1, -0.05) is 6.07 Å². The molecule has 0 bridgehead atoms. The van der Waals surface area contributed by atoms with E-state index in [9.17, 15) is 4.79 Å². The topological polar surface area (TPSA) is 66.0 Å². The molecule has 59 valence electrons. The SMILES string of the molecule is O=C(O)c1n[nH]c2c[c]ccc12. The Morgan fingerprint density at radius 3 is 3.25 bits per heavy atom. The van der Waals surface area contributed by atoms with E-state index in [1.165, 1.54) is 0 Å². The minimum atomic E-state index is -1.02. The number of carbonyl (C=O) groups is 1. The summed E-state index contributed by atoms with van der Waals surface area (Å²) >= 11 is 0. The van der Waals surface area contributed by atoms with Crippen LogP contribution < -0.4 is 0 Å². The summed E-state index contributed by atoms with van der Waals surface area (Å²) in [4.78, 5) is 10.6. The lowest BCUT2D eigenvalue weighted by molar-refractivity contribution is 0.0692. The highest BCUT2D eigenvalue weighted by molar-refractivity contribution is 6.00. The molecular formula is C8H5N2O2. The standard InChI is InChI=1S/C8H5N2O2/c11-8(12)7-5-3-1-2-4-6(5)9-10-7/h1,3-4H,(H,9,10)(H,11,12). The minimum absolute atomic E-state index is 0.0546. The molecule has 2 N–H and O–H groups in total. The summed E-state index contributed by atoms with van der Waals surface area (Å²) < 4.78 is 0. The first kappa shape index (κ1) is 6.84. The van der Waals surface area contributed by atoms with Crippen molar-refractivity contribution in [2.24, 2.45) is 0 Å². The fourth-order valence-electron chi connectivity index (χ4n) is 1.07. The number of nitrogens with zero attached hydrogens (tertiary/aromatic N) is 1. The number of benzene rings is 1. The zero-order valence-electron chi connectivity index (χ0n) is 6.03. The third-order valence-corrected chi connectivity index (χ3v) is 1.61. The van der Waals surface area contributed by atoms with Crippen molar-refractivity contribution in [2.45, 2.75) is 0 Å². The molecule has 1 radical (unpaired) electrons. The third kappa shape index (κ3) is 0.852. The normalized spacial score (nSPS) is 10.3. The van der Waals surface area contributed by atoms with Crippen molar-refractivity contribution in [3.63, 3.8) is 0 Å². The van der Waals surface area contributed by atoms with Gasteiger partial charge in [0.25, 0.3) is 0 Å². The second kappa shape index (κ2) is 2.34. The molecule has 1 aromatic carbocycles. The van der Waals surface area contributed by atoms with Crippen LogP contribution in [-0.4, -0.2) is 21.3 Å².